The lowest BCUT2D eigenvalue weighted by atomic mass is 10.1. The van der Waals surface area contributed by atoms with Crippen LogP contribution < -0.4 is 14.2 Å². The maximum absolute atomic E-state index is 5.95. The number of nitrogens with zero attached hydrogens (tertiary/aromatic N) is 2. The normalized spacial score (nSPS) is 12.6. The van der Waals surface area contributed by atoms with Crippen LogP contribution in [0, 0.1) is 24.7 Å². The van der Waals surface area contributed by atoms with E-state index >= 15 is 0 Å². The lowest BCUT2D eigenvalue weighted by molar-refractivity contribution is 0.137. The zero-order chi connectivity index (χ0) is 23.5. The first-order valence-corrected chi connectivity index (χ1v) is 10.4. The molecule has 4 rings (SSSR count). The predicted octanol–water partition coefficient (Wildman–Crippen LogP) is 3.93. The topological polar surface area (TPSA) is 68.3 Å². The molecule has 0 fully saturated rings. The van der Waals surface area contributed by atoms with E-state index in [0.29, 0.717) is 23.8 Å². The maximum atomic E-state index is 5.95. The summed E-state index contributed by atoms with van der Waals surface area (Å²) in [5.41, 5.74) is 5.05. The Kier molecular flexibility index (Phi) is 7.63. The summed E-state index contributed by atoms with van der Waals surface area (Å²) in [4.78, 5) is 11.1. The van der Waals surface area contributed by atoms with E-state index in [-0.39, 0.29) is 12.4 Å². The molecule has 0 unspecified atom stereocenters. The Morgan fingerprint density at radius 2 is 1.71 bits per heavy atom. The number of methoxy groups -OCH3 is 2. The molecule has 34 heavy (non-hydrogen) atoms. The second-order valence-electron chi connectivity index (χ2n) is 7.75. The van der Waals surface area contributed by atoms with Crippen LogP contribution in [0.1, 0.15) is 11.1 Å². The van der Waals surface area contributed by atoms with E-state index in [1.165, 1.54) is 0 Å². The van der Waals surface area contributed by atoms with Gasteiger partial charge in [-0.25, -0.2) is 0 Å². The number of ether oxygens (including phenoxy) is 3. The number of nitrogens with one attached hydrogen (secondary N) is 1. The van der Waals surface area contributed by atoms with E-state index in [4.69, 9.17) is 31.9 Å². The smallest absolute Gasteiger partial charge is 0.247 e. The SMILES string of the molecule is C#CC(C#C)O/N=C1/c2cc(OC)c(OC)cc2-c2[nH]c3ccc(OCCN(C)C)cc3c21.Cl. The second kappa shape index (κ2) is 10.4. The summed E-state index contributed by atoms with van der Waals surface area (Å²) < 4.78 is 17.0. The van der Waals surface area contributed by atoms with Crippen LogP contribution in [0.15, 0.2) is 35.5 Å². The van der Waals surface area contributed by atoms with E-state index in [1.54, 1.807) is 14.2 Å². The Hall–Kier alpha value is -3.78. The molecule has 1 N–H and O–H groups in total. The van der Waals surface area contributed by atoms with Gasteiger partial charge in [0.15, 0.2) is 11.5 Å². The molecule has 0 bridgehead atoms. The highest BCUT2D eigenvalue weighted by molar-refractivity contribution is 6.30. The first-order chi connectivity index (χ1) is 16.0. The number of rotatable bonds is 8. The van der Waals surface area contributed by atoms with Gasteiger partial charge in [0, 0.05) is 34.1 Å². The number of aromatic nitrogens is 1. The molecular weight excluding hydrogens is 454 g/mol. The summed E-state index contributed by atoms with van der Waals surface area (Å²) in [7, 11) is 7.21. The van der Waals surface area contributed by atoms with Gasteiger partial charge in [-0.3, -0.25) is 0 Å². The van der Waals surface area contributed by atoms with Gasteiger partial charge < -0.3 is 28.9 Å². The van der Waals surface area contributed by atoms with Crippen LogP contribution in [0.4, 0.5) is 0 Å². The molecule has 0 amide bonds. The summed E-state index contributed by atoms with van der Waals surface area (Å²) in [5.74, 6) is 6.75. The van der Waals surface area contributed by atoms with Crippen molar-refractivity contribution >= 4 is 29.0 Å². The van der Waals surface area contributed by atoms with Crippen LogP contribution >= 0.6 is 12.4 Å². The van der Waals surface area contributed by atoms with Crippen molar-refractivity contribution in [2.24, 2.45) is 5.16 Å². The van der Waals surface area contributed by atoms with Crippen molar-refractivity contribution in [1.29, 1.82) is 0 Å². The molecule has 8 heteroatoms. The summed E-state index contributed by atoms with van der Waals surface area (Å²) in [6.45, 7) is 1.39. The van der Waals surface area contributed by atoms with E-state index in [1.807, 2.05) is 44.4 Å². The zero-order valence-corrected chi connectivity index (χ0v) is 20.3. The average Bonchev–Trinajstić information content (AvgIpc) is 3.33. The van der Waals surface area contributed by atoms with Gasteiger partial charge in [0.25, 0.3) is 0 Å². The van der Waals surface area contributed by atoms with Crippen LogP contribution in [-0.2, 0) is 4.84 Å². The predicted molar refractivity (Wildman–Crippen MR) is 136 cm³/mol. The number of H-pyrrole nitrogens is 1. The van der Waals surface area contributed by atoms with E-state index in [9.17, 15) is 0 Å². The zero-order valence-electron chi connectivity index (χ0n) is 19.5. The molecule has 0 radical (unpaired) electrons. The van der Waals surface area contributed by atoms with E-state index in [2.05, 4.69) is 26.9 Å². The Morgan fingerprint density at radius 1 is 1.03 bits per heavy atom. The maximum Gasteiger partial charge on any atom is 0.247 e. The second-order valence-corrected chi connectivity index (χ2v) is 7.75. The van der Waals surface area contributed by atoms with Crippen molar-refractivity contribution in [2.45, 2.75) is 6.10 Å². The first-order valence-electron chi connectivity index (χ1n) is 10.4. The quantitative estimate of drug-likeness (QED) is 0.306. The third-order valence-corrected chi connectivity index (χ3v) is 5.41. The van der Waals surface area contributed by atoms with Gasteiger partial charge in [0.2, 0.25) is 6.10 Å². The van der Waals surface area contributed by atoms with Crippen molar-refractivity contribution in [1.82, 2.24) is 9.88 Å². The molecule has 1 heterocycles. The Bertz CT molecular complexity index is 1300. The van der Waals surface area contributed by atoms with Crippen molar-refractivity contribution in [3.8, 4) is 53.2 Å². The van der Waals surface area contributed by atoms with Crippen molar-refractivity contribution in [3.05, 3.63) is 41.5 Å². The summed E-state index contributed by atoms with van der Waals surface area (Å²) in [6.07, 6.45) is 10.0. The monoisotopic (exact) mass is 479 g/mol. The third-order valence-electron chi connectivity index (χ3n) is 5.41. The highest BCUT2D eigenvalue weighted by Crippen LogP contribution is 2.46. The number of hydrogen-bond donors (Lipinski definition) is 1. The van der Waals surface area contributed by atoms with Gasteiger partial charge in [-0.1, -0.05) is 5.16 Å². The molecule has 0 aliphatic heterocycles. The molecule has 2 aromatic carbocycles. The molecule has 0 spiro atoms. The first kappa shape index (κ1) is 24.9. The molecule has 0 saturated carbocycles. The molecule has 0 atom stereocenters. The lowest BCUT2D eigenvalue weighted by Gasteiger charge is -2.12. The number of aromatic amines is 1. The molecule has 1 aliphatic carbocycles. The summed E-state index contributed by atoms with van der Waals surface area (Å²) in [6, 6.07) is 9.71. The fourth-order valence-electron chi connectivity index (χ4n) is 3.78. The van der Waals surface area contributed by atoms with Crippen LogP contribution in [0.5, 0.6) is 17.2 Å². The van der Waals surface area contributed by atoms with Crippen molar-refractivity contribution in [3.63, 3.8) is 0 Å². The summed E-state index contributed by atoms with van der Waals surface area (Å²) in [5, 5.41) is 5.33. The number of fused-ring (bicyclic) bond motifs is 5. The number of oxime groups is 1. The Labute approximate surface area is 205 Å². The Balaban J connectivity index is 0.00000324. The van der Waals surface area contributed by atoms with Crippen molar-refractivity contribution < 1.29 is 19.0 Å². The number of terminal acetylenes is 2. The average molecular weight is 480 g/mol. The van der Waals surface area contributed by atoms with Crippen molar-refractivity contribution in [2.75, 3.05) is 41.5 Å². The molecule has 7 nitrogen and oxygen atoms in total. The number of halogens is 1. The van der Waals surface area contributed by atoms with Crippen LogP contribution in [0.25, 0.3) is 22.2 Å². The summed E-state index contributed by atoms with van der Waals surface area (Å²) >= 11 is 0. The van der Waals surface area contributed by atoms with Gasteiger partial charge in [0.05, 0.1) is 19.9 Å². The molecule has 1 aromatic heterocycles. The highest BCUT2D eigenvalue weighted by Gasteiger charge is 2.32. The van der Waals surface area contributed by atoms with Crippen LogP contribution in [0.2, 0.25) is 0 Å². The fourth-order valence-corrected chi connectivity index (χ4v) is 3.78. The Morgan fingerprint density at radius 3 is 2.32 bits per heavy atom. The van der Waals surface area contributed by atoms with Crippen LogP contribution in [-0.4, -0.2) is 63.2 Å². The number of hydrogen-bond acceptors (Lipinski definition) is 6. The molecule has 0 saturated heterocycles. The van der Waals surface area contributed by atoms with E-state index < -0.39 is 6.10 Å². The van der Waals surface area contributed by atoms with Gasteiger partial charge in [0.1, 0.15) is 18.1 Å². The van der Waals surface area contributed by atoms with Gasteiger partial charge in [-0.2, -0.15) is 0 Å². The minimum atomic E-state index is -0.875. The van der Waals surface area contributed by atoms with Gasteiger partial charge in [-0.15, -0.1) is 25.3 Å². The highest BCUT2D eigenvalue weighted by atomic mass is 35.5. The molecule has 1 aliphatic rings. The molecular formula is C26H26ClN3O4. The van der Waals surface area contributed by atoms with Gasteiger partial charge >= 0.3 is 0 Å². The van der Waals surface area contributed by atoms with E-state index in [0.717, 1.165) is 45.6 Å². The standard InChI is InChI=1S/C26H25N3O4.ClH/c1-7-16(8-2)33-28-26-19-15-23(31-6)22(30-5)14-18(19)25-24(26)20-13-17(9-10-21(20)27-25)32-12-11-29(3)4;/h1-2,9-10,13-16,27H,11-12H2,3-6H3;1H/b28-26-;. The lowest BCUT2D eigenvalue weighted by Crippen LogP contribution is -2.19. The number of benzene rings is 2. The fraction of sp³-hybridized carbons (Fsp3) is 0.269. The number of likely N-dealkylation sites (N-methyl/N-ethyl adjacent to an activating group) is 1. The minimum Gasteiger partial charge on any atom is -0.493 e. The third kappa shape index (κ3) is 4.49. The van der Waals surface area contributed by atoms with Gasteiger partial charge in [-0.05, 0) is 56.3 Å². The molecule has 3 aromatic rings. The van der Waals surface area contributed by atoms with Crippen LogP contribution in [0.3, 0.4) is 0 Å². The largest absolute Gasteiger partial charge is 0.493 e. The minimum absolute atomic E-state index is 0. The molecule has 176 valence electrons.